The summed E-state index contributed by atoms with van der Waals surface area (Å²) >= 11 is 0. The summed E-state index contributed by atoms with van der Waals surface area (Å²) in [5.74, 6) is -0.148. The molecule has 0 saturated heterocycles. The summed E-state index contributed by atoms with van der Waals surface area (Å²) < 4.78 is 4.73. The Labute approximate surface area is 197 Å². The van der Waals surface area contributed by atoms with Crippen LogP contribution in [0.2, 0.25) is 0 Å². The first-order chi connectivity index (χ1) is 16.4. The van der Waals surface area contributed by atoms with Crippen LogP contribution in [0.5, 0.6) is 0 Å². The number of carbonyl (C=O) groups excluding carboxylic acids is 1. The number of hydrogen-bond donors (Lipinski definition) is 3. The van der Waals surface area contributed by atoms with Crippen molar-refractivity contribution >= 4 is 29.0 Å². The fraction of sp³-hybridized carbons (Fsp3) is 0.0769. The number of amidine groups is 2. The van der Waals surface area contributed by atoms with E-state index in [1.54, 1.807) is 24.3 Å². The average Bonchev–Trinajstić information content (AvgIpc) is 2.87. The van der Waals surface area contributed by atoms with Crippen molar-refractivity contribution in [2.45, 2.75) is 6.54 Å². The first-order valence-electron chi connectivity index (χ1n) is 10.3. The van der Waals surface area contributed by atoms with Gasteiger partial charge in [-0.25, -0.2) is 14.8 Å². The van der Waals surface area contributed by atoms with Crippen molar-refractivity contribution in [3.63, 3.8) is 0 Å². The van der Waals surface area contributed by atoms with Crippen LogP contribution in [0, 0.1) is 11.3 Å². The fourth-order valence-electron chi connectivity index (χ4n) is 3.26. The van der Waals surface area contributed by atoms with Gasteiger partial charge in [0.25, 0.3) is 0 Å². The number of nitrogens with zero attached hydrogens (tertiary/aromatic N) is 3. The van der Waals surface area contributed by atoms with Gasteiger partial charge in [-0.1, -0.05) is 49.0 Å². The van der Waals surface area contributed by atoms with Crippen LogP contribution < -0.4 is 17.2 Å². The number of hydrogen-bond acceptors (Lipinski definition) is 6. The molecule has 0 aliphatic carbocycles. The van der Waals surface area contributed by atoms with E-state index in [0.717, 1.165) is 5.56 Å². The third-order valence-electron chi connectivity index (χ3n) is 5.06. The van der Waals surface area contributed by atoms with E-state index in [0.29, 0.717) is 28.1 Å². The molecule has 170 valence electrons. The minimum atomic E-state index is -0.604. The number of carbonyl (C=O) groups is 1. The first kappa shape index (κ1) is 23.9. The Morgan fingerprint density at radius 3 is 2.35 bits per heavy atom. The summed E-state index contributed by atoms with van der Waals surface area (Å²) in [4.78, 5) is 21.1. The molecule has 3 rings (SSSR count). The fourth-order valence-corrected chi connectivity index (χ4v) is 3.26. The molecular weight excluding hydrogens is 428 g/mol. The lowest BCUT2D eigenvalue weighted by Gasteiger charge is -2.11. The highest BCUT2D eigenvalue weighted by Crippen LogP contribution is 2.22. The van der Waals surface area contributed by atoms with Crippen molar-refractivity contribution < 1.29 is 9.53 Å². The summed E-state index contributed by atoms with van der Waals surface area (Å²) in [5, 5.41) is 9.48. The van der Waals surface area contributed by atoms with Crippen LogP contribution in [-0.2, 0) is 11.3 Å². The van der Waals surface area contributed by atoms with Gasteiger partial charge in [-0.2, -0.15) is 5.26 Å². The molecule has 0 fully saturated rings. The number of aliphatic imine (C=N–C) groups is 2. The predicted molar refractivity (Wildman–Crippen MR) is 134 cm³/mol. The zero-order valence-electron chi connectivity index (χ0n) is 18.7. The zero-order valence-corrected chi connectivity index (χ0v) is 18.7. The van der Waals surface area contributed by atoms with E-state index < -0.39 is 5.97 Å². The number of nitrogens with two attached hydrogens (primary N) is 3. The zero-order chi connectivity index (χ0) is 24.7. The lowest BCUT2D eigenvalue weighted by atomic mass is 10.0. The first-order valence-corrected chi connectivity index (χ1v) is 10.3. The maximum absolute atomic E-state index is 11.9. The van der Waals surface area contributed by atoms with Gasteiger partial charge in [0.15, 0.2) is 5.84 Å². The molecule has 0 aliphatic rings. The van der Waals surface area contributed by atoms with Crippen LogP contribution in [0.1, 0.15) is 38.2 Å². The van der Waals surface area contributed by atoms with Gasteiger partial charge in [-0.05, 0) is 29.8 Å². The highest BCUT2D eigenvalue weighted by molar-refractivity contribution is 6.14. The second kappa shape index (κ2) is 10.7. The Bertz CT molecular complexity index is 1350. The van der Waals surface area contributed by atoms with E-state index in [-0.39, 0.29) is 29.3 Å². The van der Waals surface area contributed by atoms with Crippen LogP contribution in [0.4, 0.5) is 5.69 Å². The summed E-state index contributed by atoms with van der Waals surface area (Å²) in [5.41, 5.74) is 22.0. The van der Waals surface area contributed by atoms with E-state index >= 15 is 0 Å². The van der Waals surface area contributed by atoms with Crippen molar-refractivity contribution in [1.29, 1.82) is 5.26 Å². The molecule has 0 saturated carbocycles. The number of para-hydroxylation sites is 1. The molecule has 0 radical (unpaired) electrons. The predicted octanol–water partition coefficient (Wildman–Crippen LogP) is 3.21. The molecule has 3 aromatic rings. The largest absolute Gasteiger partial charge is 0.465 e. The molecule has 0 aliphatic heterocycles. The monoisotopic (exact) mass is 452 g/mol. The smallest absolute Gasteiger partial charge is 0.339 e. The number of ether oxygens (including phenoxy) is 1. The molecule has 3 aromatic carbocycles. The molecule has 8 heteroatoms. The van der Waals surface area contributed by atoms with E-state index in [4.69, 9.17) is 21.9 Å². The van der Waals surface area contributed by atoms with Gasteiger partial charge in [-0.3, -0.25) is 0 Å². The van der Waals surface area contributed by atoms with Crippen LogP contribution >= 0.6 is 0 Å². The highest BCUT2D eigenvalue weighted by atomic mass is 16.5. The third kappa shape index (κ3) is 5.18. The minimum absolute atomic E-state index is 0.143. The van der Waals surface area contributed by atoms with Gasteiger partial charge < -0.3 is 21.9 Å². The maximum Gasteiger partial charge on any atom is 0.339 e. The van der Waals surface area contributed by atoms with Gasteiger partial charge in [0.1, 0.15) is 11.9 Å². The van der Waals surface area contributed by atoms with Crippen LogP contribution in [0.3, 0.4) is 0 Å². The van der Waals surface area contributed by atoms with Gasteiger partial charge in [0, 0.05) is 28.9 Å². The summed E-state index contributed by atoms with van der Waals surface area (Å²) in [7, 11) is 1.25. The molecular formula is C26H24N6O2. The molecule has 0 atom stereocenters. The molecule has 34 heavy (non-hydrogen) atoms. The minimum Gasteiger partial charge on any atom is -0.465 e. The van der Waals surface area contributed by atoms with Gasteiger partial charge >= 0.3 is 5.97 Å². The lowest BCUT2D eigenvalue weighted by Crippen LogP contribution is -2.19. The highest BCUT2D eigenvalue weighted by Gasteiger charge is 2.15. The van der Waals surface area contributed by atoms with Crippen molar-refractivity contribution in [3.05, 3.63) is 107 Å². The summed E-state index contributed by atoms with van der Waals surface area (Å²) in [6.07, 6.45) is 0. The molecule has 0 bridgehead atoms. The topological polar surface area (TPSA) is 153 Å². The van der Waals surface area contributed by atoms with Gasteiger partial charge in [0.2, 0.25) is 0 Å². The number of benzene rings is 3. The molecule has 0 amide bonds. The SMILES string of the molecule is C=C(N=C(N=C(N)c1ccccc1N)c1ccccc1CN)c1ccc(C(=O)OC)c(C#N)c1. The molecule has 0 spiro atoms. The Kier molecular flexibility index (Phi) is 7.54. The van der Waals surface area contributed by atoms with Gasteiger partial charge in [0.05, 0.1) is 23.9 Å². The Hall–Kier alpha value is -4.74. The molecule has 0 aromatic heterocycles. The van der Waals surface area contributed by atoms with Crippen molar-refractivity contribution in [3.8, 4) is 6.07 Å². The third-order valence-corrected chi connectivity index (χ3v) is 5.06. The number of methoxy groups -OCH3 is 1. The average molecular weight is 453 g/mol. The van der Waals surface area contributed by atoms with Crippen molar-refractivity contribution in [1.82, 2.24) is 0 Å². The van der Waals surface area contributed by atoms with E-state index in [1.165, 1.54) is 19.2 Å². The van der Waals surface area contributed by atoms with Crippen molar-refractivity contribution in [2.24, 2.45) is 21.5 Å². The maximum atomic E-state index is 11.9. The number of anilines is 1. The number of nitriles is 1. The summed E-state index contributed by atoms with van der Waals surface area (Å²) in [6, 6.07) is 21.2. The van der Waals surface area contributed by atoms with E-state index in [9.17, 15) is 10.1 Å². The quantitative estimate of drug-likeness (QED) is 0.226. The normalized spacial score (nSPS) is 11.6. The molecule has 8 nitrogen and oxygen atoms in total. The Balaban J connectivity index is 2.13. The second-order valence-corrected chi connectivity index (χ2v) is 7.19. The second-order valence-electron chi connectivity index (χ2n) is 7.19. The van der Waals surface area contributed by atoms with Crippen LogP contribution in [0.25, 0.3) is 5.70 Å². The van der Waals surface area contributed by atoms with Crippen molar-refractivity contribution in [2.75, 3.05) is 12.8 Å². The number of nitrogen functional groups attached to an aromatic ring is 1. The molecule has 0 unspecified atom stereocenters. The van der Waals surface area contributed by atoms with Crippen LogP contribution in [0.15, 0.2) is 83.3 Å². The number of esters is 1. The standard InChI is InChI=1S/C26H24N6O2/c1-16(17-11-12-21(26(33)34-2)19(13-17)15-28)31-25(20-8-4-3-7-18(20)14-27)32-24(30)22-9-5-6-10-23(22)29/h3-13H,1,14,27,29H2,2H3,(H2,30,31,32). The summed E-state index contributed by atoms with van der Waals surface area (Å²) in [6.45, 7) is 4.30. The number of rotatable bonds is 6. The Morgan fingerprint density at radius 1 is 1.03 bits per heavy atom. The molecule has 6 N–H and O–H groups in total. The van der Waals surface area contributed by atoms with E-state index in [2.05, 4.69) is 16.6 Å². The van der Waals surface area contributed by atoms with E-state index in [1.807, 2.05) is 36.4 Å². The van der Waals surface area contributed by atoms with Gasteiger partial charge in [-0.15, -0.1) is 0 Å². The Morgan fingerprint density at radius 2 is 1.71 bits per heavy atom. The lowest BCUT2D eigenvalue weighted by molar-refractivity contribution is 0.0600. The van der Waals surface area contributed by atoms with Crippen LogP contribution in [-0.4, -0.2) is 24.8 Å². The molecule has 0 heterocycles.